The van der Waals surface area contributed by atoms with Crippen molar-refractivity contribution in [2.45, 2.75) is 52.6 Å². The molecular weight excluding hydrogens is 214 g/mol. The fourth-order valence-electron chi connectivity index (χ4n) is 2.83. The molecule has 1 saturated carbocycles. The van der Waals surface area contributed by atoms with E-state index in [1.807, 2.05) is 11.3 Å². The molecule has 0 spiro atoms. The lowest BCUT2D eigenvalue weighted by Crippen LogP contribution is -2.90. The van der Waals surface area contributed by atoms with Crippen molar-refractivity contribution in [2.24, 2.45) is 11.8 Å². The van der Waals surface area contributed by atoms with Crippen molar-refractivity contribution >= 4 is 11.3 Å². The van der Waals surface area contributed by atoms with Crippen molar-refractivity contribution in [3.05, 3.63) is 21.9 Å². The molecule has 1 aromatic rings. The zero-order valence-electron chi connectivity index (χ0n) is 10.7. The Balaban J connectivity index is 1.88. The number of nitrogens with two attached hydrogens (primary N) is 1. The highest BCUT2D eigenvalue weighted by Gasteiger charge is 2.29. The molecule has 1 aliphatic carbocycles. The predicted molar refractivity (Wildman–Crippen MR) is 70.7 cm³/mol. The van der Waals surface area contributed by atoms with Gasteiger partial charge in [0.1, 0.15) is 6.54 Å². The lowest BCUT2D eigenvalue weighted by atomic mass is 9.78. The highest BCUT2D eigenvalue weighted by molar-refractivity contribution is 7.10. The average Bonchev–Trinajstić information content (AvgIpc) is 2.67. The molecule has 1 aliphatic rings. The Kier molecular flexibility index (Phi) is 4.04. The van der Waals surface area contributed by atoms with Gasteiger partial charge in [0.15, 0.2) is 0 Å². The summed E-state index contributed by atoms with van der Waals surface area (Å²) in [5.41, 5.74) is 1.47. The lowest BCUT2D eigenvalue weighted by molar-refractivity contribution is -0.713. The Bertz CT molecular complexity index is 331. The van der Waals surface area contributed by atoms with Gasteiger partial charge in [-0.15, -0.1) is 11.3 Å². The van der Waals surface area contributed by atoms with E-state index in [4.69, 9.17) is 0 Å². The number of aryl methyl sites for hydroxylation is 1. The third kappa shape index (κ3) is 2.67. The number of thiophene rings is 1. The standard InChI is InChI=1S/C14H23NS/c1-10-5-4-6-13(12(10)3)15-9-14-11(2)7-8-16-14/h7-8,10,12-13,15H,4-6,9H2,1-3H3/p+1/t10-,12-,13+/m1/s1. The smallest absolute Gasteiger partial charge is 0.111 e. The number of hydrogen-bond acceptors (Lipinski definition) is 1. The van der Waals surface area contributed by atoms with Crippen LogP contribution in [0.5, 0.6) is 0 Å². The molecule has 0 aliphatic heterocycles. The Hall–Kier alpha value is -0.340. The lowest BCUT2D eigenvalue weighted by Gasteiger charge is -2.32. The highest BCUT2D eigenvalue weighted by atomic mass is 32.1. The molecule has 0 aromatic carbocycles. The Labute approximate surface area is 103 Å². The van der Waals surface area contributed by atoms with Crippen LogP contribution in [0.15, 0.2) is 11.4 Å². The summed E-state index contributed by atoms with van der Waals surface area (Å²) >= 11 is 1.91. The van der Waals surface area contributed by atoms with Gasteiger partial charge in [0, 0.05) is 5.92 Å². The van der Waals surface area contributed by atoms with E-state index in [-0.39, 0.29) is 0 Å². The third-order valence-corrected chi connectivity index (χ3v) is 5.39. The third-order valence-electron chi connectivity index (χ3n) is 4.34. The molecule has 2 N–H and O–H groups in total. The van der Waals surface area contributed by atoms with Crippen LogP contribution in [-0.2, 0) is 6.54 Å². The molecule has 0 amide bonds. The largest absolute Gasteiger partial charge is 0.339 e. The maximum Gasteiger partial charge on any atom is 0.111 e. The maximum absolute atomic E-state index is 2.58. The van der Waals surface area contributed by atoms with Crippen molar-refractivity contribution in [1.82, 2.24) is 0 Å². The van der Waals surface area contributed by atoms with E-state index in [0.717, 1.165) is 17.9 Å². The summed E-state index contributed by atoms with van der Waals surface area (Å²) in [4.78, 5) is 1.56. The first-order chi connectivity index (χ1) is 7.68. The number of hydrogen-bond donors (Lipinski definition) is 1. The molecule has 0 unspecified atom stereocenters. The molecule has 0 bridgehead atoms. The van der Waals surface area contributed by atoms with Crippen molar-refractivity contribution < 1.29 is 5.32 Å². The van der Waals surface area contributed by atoms with E-state index < -0.39 is 0 Å². The van der Waals surface area contributed by atoms with Crippen LogP contribution in [0.4, 0.5) is 0 Å². The van der Waals surface area contributed by atoms with Gasteiger partial charge < -0.3 is 5.32 Å². The van der Waals surface area contributed by atoms with E-state index >= 15 is 0 Å². The Morgan fingerprint density at radius 1 is 1.38 bits per heavy atom. The first-order valence-corrected chi connectivity index (χ1v) is 7.42. The molecule has 1 heterocycles. The zero-order valence-corrected chi connectivity index (χ0v) is 11.5. The summed E-state index contributed by atoms with van der Waals surface area (Å²) in [6, 6.07) is 3.09. The van der Waals surface area contributed by atoms with Gasteiger partial charge in [-0.25, -0.2) is 0 Å². The summed E-state index contributed by atoms with van der Waals surface area (Å²) < 4.78 is 0. The minimum Gasteiger partial charge on any atom is -0.339 e. The summed E-state index contributed by atoms with van der Waals surface area (Å²) in [7, 11) is 0. The van der Waals surface area contributed by atoms with Crippen LogP contribution in [0, 0.1) is 18.8 Å². The zero-order chi connectivity index (χ0) is 11.5. The minimum absolute atomic E-state index is 0.852. The molecule has 0 saturated heterocycles. The van der Waals surface area contributed by atoms with Crippen LogP contribution >= 0.6 is 11.3 Å². The summed E-state index contributed by atoms with van der Waals surface area (Å²) in [6.07, 6.45) is 4.27. The van der Waals surface area contributed by atoms with Gasteiger partial charge >= 0.3 is 0 Å². The van der Waals surface area contributed by atoms with Gasteiger partial charge in [0.05, 0.1) is 10.9 Å². The fourth-order valence-corrected chi connectivity index (χ4v) is 3.71. The molecule has 0 radical (unpaired) electrons. The minimum atomic E-state index is 0.852. The molecule has 16 heavy (non-hydrogen) atoms. The first-order valence-electron chi connectivity index (χ1n) is 6.54. The van der Waals surface area contributed by atoms with Crippen molar-refractivity contribution in [3.8, 4) is 0 Å². The Morgan fingerprint density at radius 3 is 2.88 bits per heavy atom. The molecule has 90 valence electrons. The van der Waals surface area contributed by atoms with Gasteiger partial charge in [0.2, 0.25) is 0 Å². The van der Waals surface area contributed by atoms with Crippen LogP contribution in [0.1, 0.15) is 43.6 Å². The van der Waals surface area contributed by atoms with Gasteiger partial charge in [-0.2, -0.15) is 0 Å². The van der Waals surface area contributed by atoms with E-state index in [2.05, 4.69) is 37.5 Å². The van der Waals surface area contributed by atoms with Gasteiger partial charge in [-0.3, -0.25) is 0 Å². The second-order valence-corrected chi connectivity index (χ2v) is 6.40. The molecule has 2 heteroatoms. The van der Waals surface area contributed by atoms with E-state index in [1.54, 1.807) is 4.88 Å². The summed E-state index contributed by atoms with van der Waals surface area (Å²) in [5.74, 6) is 1.80. The predicted octanol–water partition coefficient (Wildman–Crippen LogP) is 2.94. The maximum atomic E-state index is 2.58. The highest BCUT2D eigenvalue weighted by Crippen LogP contribution is 2.27. The normalized spacial score (nSPS) is 30.6. The first kappa shape index (κ1) is 12.1. The summed E-state index contributed by atoms with van der Waals surface area (Å²) in [6.45, 7) is 8.27. The van der Waals surface area contributed by atoms with Gasteiger partial charge in [-0.05, 0) is 49.1 Å². The molecule has 1 aromatic heterocycles. The van der Waals surface area contributed by atoms with Crippen LogP contribution in [0.2, 0.25) is 0 Å². The second kappa shape index (κ2) is 5.33. The molecule has 2 rings (SSSR count). The van der Waals surface area contributed by atoms with Gasteiger partial charge in [0.25, 0.3) is 0 Å². The average molecular weight is 238 g/mol. The van der Waals surface area contributed by atoms with E-state index in [1.165, 1.54) is 31.4 Å². The van der Waals surface area contributed by atoms with Crippen LogP contribution in [0.25, 0.3) is 0 Å². The number of quaternary nitrogens is 1. The molecule has 3 atom stereocenters. The second-order valence-electron chi connectivity index (χ2n) is 5.40. The van der Waals surface area contributed by atoms with Crippen molar-refractivity contribution in [3.63, 3.8) is 0 Å². The van der Waals surface area contributed by atoms with E-state index in [9.17, 15) is 0 Å². The van der Waals surface area contributed by atoms with Crippen molar-refractivity contribution in [1.29, 1.82) is 0 Å². The van der Waals surface area contributed by atoms with Crippen LogP contribution in [0.3, 0.4) is 0 Å². The fraction of sp³-hybridized carbons (Fsp3) is 0.714. The van der Waals surface area contributed by atoms with Crippen molar-refractivity contribution in [2.75, 3.05) is 0 Å². The molecule has 1 fully saturated rings. The SMILES string of the molecule is Cc1ccsc1C[NH2+][C@H]1CCC[C@@H](C)[C@H]1C. The Morgan fingerprint density at radius 2 is 2.19 bits per heavy atom. The van der Waals surface area contributed by atoms with Crippen LogP contribution in [-0.4, -0.2) is 6.04 Å². The van der Waals surface area contributed by atoms with E-state index in [0.29, 0.717) is 0 Å². The number of rotatable bonds is 3. The van der Waals surface area contributed by atoms with Crippen LogP contribution < -0.4 is 5.32 Å². The monoisotopic (exact) mass is 238 g/mol. The molecular formula is C14H24NS+. The molecule has 1 nitrogen and oxygen atoms in total. The topological polar surface area (TPSA) is 16.6 Å². The summed E-state index contributed by atoms with van der Waals surface area (Å²) in [5, 5.41) is 4.80. The van der Waals surface area contributed by atoms with Gasteiger partial charge in [-0.1, -0.05) is 13.8 Å². The quantitative estimate of drug-likeness (QED) is 0.834.